The molecule has 0 radical (unpaired) electrons. The molecule has 1 aromatic carbocycles. The molecular formula is C18H27F2N3O2. The number of hydrazone groups is 1. The minimum absolute atomic E-state index is 0.0814. The Labute approximate surface area is 148 Å². The van der Waals surface area contributed by atoms with Gasteiger partial charge in [0.15, 0.2) is 11.6 Å². The molecule has 140 valence electrons. The Morgan fingerprint density at radius 2 is 1.88 bits per heavy atom. The van der Waals surface area contributed by atoms with Crippen molar-refractivity contribution in [3.05, 3.63) is 29.3 Å². The van der Waals surface area contributed by atoms with Crippen molar-refractivity contribution in [2.75, 3.05) is 47.5 Å². The van der Waals surface area contributed by atoms with E-state index in [1.165, 1.54) is 24.8 Å². The third kappa shape index (κ3) is 5.64. The van der Waals surface area contributed by atoms with Crippen LogP contribution in [0.25, 0.3) is 0 Å². The van der Waals surface area contributed by atoms with Gasteiger partial charge >= 0.3 is 0 Å². The van der Waals surface area contributed by atoms with E-state index < -0.39 is 11.6 Å². The maximum absolute atomic E-state index is 14.2. The SMILES string of the molecule is COCCN(C)CCOc1ccc(/C=N/N(C)C2CCC2)c(F)c1F. The summed E-state index contributed by atoms with van der Waals surface area (Å²) < 4.78 is 38.7. The predicted molar refractivity (Wildman–Crippen MR) is 94.2 cm³/mol. The van der Waals surface area contributed by atoms with E-state index in [1.807, 2.05) is 19.0 Å². The second-order valence-corrected chi connectivity index (χ2v) is 6.33. The second-order valence-electron chi connectivity index (χ2n) is 6.33. The highest BCUT2D eigenvalue weighted by Crippen LogP contribution is 2.24. The minimum Gasteiger partial charge on any atom is -0.489 e. The van der Waals surface area contributed by atoms with Crippen LogP contribution in [0.3, 0.4) is 0 Å². The summed E-state index contributed by atoms with van der Waals surface area (Å²) in [6.07, 6.45) is 4.74. The molecule has 0 aliphatic heterocycles. The van der Waals surface area contributed by atoms with Gasteiger partial charge in [0.05, 0.1) is 12.8 Å². The molecule has 0 aromatic heterocycles. The van der Waals surface area contributed by atoms with E-state index in [0.29, 0.717) is 19.2 Å². The van der Waals surface area contributed by atoms with E-state index in [-0.39, 0.29) is 17.9 Å². The van der Waals surface area contributed by atoms with Crippen LogP contribution >= 0.6 is 0 Å². The lowest BCUT2D eigenvalue weighted by molar-refractivity contribution is 0.149. The monoisotopic (exact) mass is 355 g/mol. The number of likely N-dealkylation sites (N-methyl/N-ethyl adjacent to an activating group) is 1. The lowest BCUT2D eigenvalue weighted by Gasteiger charge is -2.32. The van der Waals surface area contributed by atoms with Gasteiger partial charge in [-0.05, 0) is 38.4 Å². The quantitative estimate of drug-likeness (QED) is 0.478. The molecule has 0 saturated heterocycles. The second kappa shape index (κ2) is 9.68. The van der Waals surface area contributed by atoms with Crippen LogP contribution in [0.5, 0.6) is 5.75 Å². The third-order valence-electron chi connectivity index (χ3n) is 4.47. The summed E-state index contributed by atoms with van der Waals surface area (Å²) in [5.41, 5.74) is 0.119. The van der Waals surface area contributed by atoms with E-state index in [0.717, 1.165) is 19.4 Å². The average Bonchev–Trinajstić information content (AvgIpc) is 2.54. The number of benzene rings is 1. The van der Waals surface area contributed by atoms with Gasteiger partial charge in [0.2, 0.25) is 5.82 Å². The van der Waals surface area contributed by atoms with Crippen LogP contribution in [0.2, 0.25) is 0 Å². The zero-order valence-corrected chi connectivity index (χ0v) is 15.2. The van der Waals surface area contributed by atoms with Gasteiger partial charge in [-0.3, -0.25) is 5.01 Å². The first-order valence-electron chi connectivity index (χ1n) is 8.58. The molecule has 1 aliphatic rings. The molecule has 0 atom stereocenters. The Hall–Kier alpha value is -1.73. The topological polar surface area (TPSA) is 37.3 Å². The number of nitrogens with zero attached hydrogens (tertiary/aromatic N) is 3. The van der Waals surface area contributed by atoms with Gasteiger partial charge in [0.25, 0.3) is 0 Å². The number of hydrogen-bond acceptors (Lipinski definition) is 5. The standard InChI is InChI=1S/C18H27F2N3O2/c1-22(9-11-24-3)10-12-25-16-8-7-14(17(19)18(16)20)13-21-23(2)15-5-4-6-15/h7-8,13,15H,4-6,9-12H2,1-3H3/b21-13+. The molecule has 1 saturated carbocycles. The molecule has 1 fully saturated rings. The van der Waals surface area contributed by atoms with Gasteiger partial charge in [-0.2, -0.15) is 9.49 Å². The van der Waals surface area contributed by atoms with Gasteiger partial charge in [0, 0.05) is 38.9 Å². The van der Waals surface area contributed by atoms with Crippen molar-refractivity contribution in [2.45, 2.75) is 25.3 Å². The van der Waals surface area contributed by atoms with Crippen LogP contribution < -0.4 is 4.74 Å². The average molecular weight is 355 g/mol. The summed E-state index contributed by atoms with van der Waals surface area (Å²) in [5, 5.41) is 6.01. The Morgan fingerprint density at radius 3 is 2.52 bits per heavy atom. The first-order valence-corrected chi connectivity index (χ1v) is 8.58. The van der Waals surface area contributed by atoms with Crippen molar-refractivity contribution in [1.82, 2.24) is 9.91 Å². The van der Waals surface area contributed by atoms with E-state index >= 15 is 0 Å². The van der Waals surface area contributed by atoms with Crippen LogP contribution in [0.1, 0.15) is 24.8 Å². The first kappa shape index (κ1) is 19.6. The Morgan fingerprint density at radius 1 is 1.16 bits per heavy atom. The molecule has 0 amide bonds. The molecule has 2 rings (SSSR count). The van der Waals surface area contributed by atoms with Crippen molar-refractivity contribution in [2.24, 2.45) is 5.10 Å². The largest absolute Gasteiger partial charge is 0.489 e. The van der Waals surface area contributed by atoms with Crippen LogP contribution in [0, 0.1) is 11.6 Å². The van der Waals surface area contributed by atoms with E-state index in [4.69, 9.17) is 9.47 Å². The van der Waals surface area contributed by atoms with Gasteiger partial charge in [-0.25, -0.2) is 4.39 Å². The maximum atomic E-state index is 14.2. The highest BCUT2D eigenvalue weighted by atomic mass is 19.2. The zero-order valence-electron chi connectivity index (χ0n) is 15.2. The highest BCUT2D eigenvalue weighted by molar-refractivity contribution is 5.80. The van der Waals surface area contributed by atoms with E-state index in [2.05, 4.69) is 5.10 Å². The molecule has 0 spiro atoms. The van der Waals surface area contributed by atoms with Gasteiger partial charge in [-0.15, -0.1) is 0 Å². The zero-order chi connectivity index (χ0) is 18.2. The highest BCUT2D eigenvalue weighted by Gasteiger charge is 2.21. The number of rotatable bonds is 10. The Balaban J connectivity index is 1.89. The summed E-state index contributed by atoms with van der Waals surface area (Å²) in [4.78, 5) is 2.00. The van der Waals surface area contributed by atoms with Crippen LogP contribution in [0.4, 0.5) is 8.78 Å². The predicted octanol–water partition coefficient (Wildman–Crippen LogP) is 2.74. The lowest BCUT2D eigenvalue weighted by atomic mass is 9.93. The number of methoxy groups -OCH3 is 1. The first-order chi connectivity index (χ1) is 12.0. The fraction of sp³-hybridized carbons (Fsp3) is 0.611. The Bertz CT molecular complexity index is 580. The van der Waals surface area contributed by atoms with Gasteiger partial charge in [-0.1, -0.05) is 0 Å². The Kier molecular flexibility index (Phi) is 7.58. The fourth-order valence-corrected chi connectivity index (χ4v) is 2.44. The summed E-state index contributed by atoms with van der Waals surface area (Å²) in [6.45, 7) is 2.23. The van der Waals surface area contributed by atoms with Crippen LogP contribution in [0.15, 0.2) is 17.2 Å². The van der Waals surface area contributed by atoms with Gasteiger partial charge in [0.1, 0.15) is 6.61 Å². The van der Waals surface area contributed by atoms with Crippen molar-refractivity contribution < 1.29 is 18.3 Å². The van der Waals surface area contributed by atoms with Crippen molar-refractivity contribution in [3.63, 3.8) is 0 Å². The number of hydrogen-bond donors (Lipinski definition) is 0. The minimum atomic E-state index is -0.977. The summed E-state index contributed by atoms with van der Waals surface area (Å²) in [7, 11) is 5.40. The maximum Gasteiger partial charge on any atom is 0.201 e. The molecule has 5 nitrogen and oxygen atoms in total. The lowest BCUT2D eigenvalue weighted by Crippen LogP contribution is -2.33. The van der Waals surface area contributed by atoms with E-state index in [9.17, 15) is 8.78 Å². The normalized spacial score (nSPS) is 15.0. The molecule has 1 aromatic rings. The number of halogens is 2. The summed E-state index contributed by atoms with van der Waals surface area (Å²) in [6, 6.07) is 3.33. The summed E-state index contributed by atoms with van der Waals surface area (Å²) >= 11 is 0. The van der Waals surface area contributed by atoms with Crippen molar-refractivity contribution >= 4 is 6.21 Å². The van der Waals surface area contributed by atoms with E-state index in [1.54, 1.807) is 12.1 Å². The molecular weight excluding hydrogens is 328 g/mol. The molecule has 0 unspecified atom stereocenters. The fourth-order valence-electron chi connectivity index (χ4n) is 2.44. The summed E-state index contributed by atoms with van der Waals surface area (Å²) in [5.74, 6) is -1.99. The molecule has 25 heavy (non-hydrogen) atoms. The molecule has 7 heteroatoms. The van der Waals surface area contributed by atoms with Crippen molar-refractivity contribution in [1.29, 1.82) is 0 Å². The van der Waals surface area contributed by atoms with Crippen LogP contribution in [-0.4, -0.2) is 69.7 Å². The van der Waals surface area contributed by atoms with Crippen LogP contribution in [-0.2, 0) is 4.74 Å². The smallest absolute Gasteiger partial charge is 0.201 e. The van der Waals surface area contributed by atoms with Crippen molar-refractivity contribution in [3.8, 4) is 5.75 Å². The molecule has 0 bridgehead atoms. The molecule has 1 aliphatic carbocycles. The van der Waals surface area contributed by atoms with Gasteiger partial charge < -0.3 is 14.4 Å². The molecule has 0 heterocycles. The molecule has 0 N–H and O–H groups in total. The number of ether oxygens (including phenoxy) is 2. The third-order valence-corrected chi connectivity index (χ3v) is 4.47.